The maximum absolute atomic E-state index is 6.47. The van der Waals surface area contributed by atoms with E-state index in [1.165, 1.54) is 25.7 Å². The first-order chi connectivity index (χ1) is 25.2. The minimum atomic E-state index is 0.727. The second kappa shape index (κ2) is 11.9. The van der Waals surface area contributed by atoms with E-state index >= 15 is 0 Å². The Morgan fingerprint density at radius 2 is 1.12 bits per heavy atom. The van der Waals surface area contributed by atoms with E-state index in [9.17, 15) is 0 Å². The van der Waals surface area contributed by atoms with Crippen molar-refractivity contribution in [2.75, 3.05) is 0 Å². The smallest absolute Gasteiger partial charge is 0.160 e. The van der Waals surface area contributed by atoms with Crippen molar-refractivity contribution in [3.05, 3.63) is 169 Å². The Kier molecular flexibility index (Phi) is 6.90. The van der Waals surface area contributed by atoms with Crippen LogP contribution in [0.2, 0.25) is 0 Å². The van der Waals surface area contributed by atoms with Crippen LogP contribution < -0.4 is 0 Å². The van der Waals surface area contributed by atoms with Crippen LogP contribution in [0, 0.1) is 6.92 Å². The molecule has 10 rings (SSSR count). The van der Waals surface area contributed by atoms with Crippen molar-refractivity contribution in [3.8, 4) is 56.2 Å². The summed E-state index contributed by atoms with van der Waals surface area (Å²) in [6.07, 6.45) is 0. The lowest BCUT2D eigenvalue weighted by Crippen LogP contribution is -2.00. The van der Waals surface area contributed by atoms with Crippen LogP contribution in [-0.4, -0.2) is 9.97 Å². The van der Waals surface area contributed by atoms with Crippen LogP contribution in [0.15, 0.2) is 168 Å². The summed E-state index contributed by atoms with van der Waals surface area (Å²) in [7, 11) is 0. The van der Waals surface area contributed by atoms with Crippen LogP contribution in [0.3, 0.4) is 0 Å². The number of para-hydroxylation sites is 1. The molecule has 0 spiro atoms. The lowest BCUT2D eigenvalue weighted by atomic mass is 9.93. The number of thiophene rings is 1. The van der Waals surface area contributed by atoms with Crippen LogP contribution in [0.25, 0.3) is 98.3 Å². The quantitative estimate of drug-likeness (QED) is 0.183. The van der Waals surface area contributed by atoms with E-state index in [-0.39, 0.29) is 0 Å². The van der Waals surface area contributed by atoms with Gasteiger partial charge in [-0.05, 0) is 59.5 Å². The van der Waals surface area contributed by atoms with E-state index in [4.69, 9.17) is 14.4 Å². The predicted molar refractivity (Wildman–Crippen MR) is 214 cm³/mol. The molecule has 0 aliphatic heterocycles. The molecule has 0 aliphatic rings. The van der Waals surface area contributed by atoms with Crippen LogP contribution in [0.4, 0.5) is 0 Å². The number of nitrogens with zero attached hydrogens (tertiary/aromatic N) is 2. The summed E-state index contributed by atoms with van der Waals surface area (Å²) in [5, 5.41) is 4.73. The monoisotopic (exact) mass is 670 g/mol. The van der Waals surface area contributed by atoms with Gasteiger partial charge in [-0.15, -0.1) is 11.3 Å². The van der Waals surface area contributed by atoms with Gasteiger partial charge in [-0.25, -0.2) is 9.97 Å². The van der Waals surface area contributed by atoms with Gasteiger partial charge in [-0.1, -0.05) is 133 Å². The molecule has 0 amide bonds. The Morgan fingerprint density at radius 1 is 0.451 bits per heavy atom. The summed E-state index contributed by atoms with van der Waals surface area (Å²) in [5.74, 6) is 0.727. The summed E-state index contributed by atoms with van der Waals surface area (Å²) in [6, 6.07) is 57.6. The molecule has 0 aliphatic carbocycles. The molecule has 0 N–H and O–H groups in total. The zero-order valence-electron chi connectivity index (χ0n) is 27.8. The van der Waals surface area contributed by atoms with E-state index in [1.807, 2.05) is 41.7 Å². The van der Waals surface area contributed by atoms with Crippen molar-refractivity contribution < 1.29 is 4.42 Å². The number of rotatable bonds is 5. The van der Waals surface area contributed by atoms with Crippen LogP contribution in [0.5, 0.6) is 0 Å². The molecule has 0 saturated heterocycles. The van der Waals surface area contributed by atoms with Gasteiger partial charge in [0.2, 0.25) is 0 Å². The van der Waals surface area contributed by atoms with Gasteiger partial charge in [-0.3, -0.25) is 0 Å². The molecule has 3 aromatic heterocycles. The Balaban J connectivity index is 1.20. The SMILES string of the molecule is Cc1c(-c2ccccc2)nc(-c2ccccc2)nc1-c1cccc2c1sc1ccc(-c3cc(-c4ccccc4)cc4oc5ccccc5c34)cc12. The zero-order valence-corrected chi connectivity index (χ0v) is 28.6. The van der Waals surface area contributed by atoms with Crippen molar-refractivity contribution in [2.45, 2.75) is 6.92 Å². The van der Waals surface area contributed by atoms with Gasteiger partial charge >= 0.3 is 0 Å². The van der Waals surface area contributed by atoms with E-state index in [0.29, 0.717) is 0 Å². The second-order valence-electron chi connectivity index (χ2n) is 13.0. The predicted octanol–water partition coefficient (Wildman–Crippen LogP) is 13.4. The topological polar surface area (TPSA) is 38.9 Å². The van der Waals surface area contributed by atoms with Gasteiger partial charge in [0.1, 0.15) is 11.2 Å². The highest BCUT2D eigenvalue weighted by Crippen LogP contribution is 2.45. The molecule has 3 nitrogen and oxygen atoms in total. The van der Waals surface area contributed by atoms with Crippen LogP contribution in [0.1, 0.15) is 5.56 Å². The highest BCUT2D eigenvalue weighted by Gasteiger charge is 2.20. The first kappa shape index (κ1) is 29.5. The number of hydrogen-bond donors (Lipinski definition) is 0. The summed E-state index contributed by atoms with van der Waals surface area (Å²) in [6.45, 7) is 2.15. The maximum Gasteiger partial charge on any atom is 0.160 e. The van der Waals surface area contributed by atoms with E-state index in [1.54, 1.807) is 0 Å². The van der Waals surface area contributed by atoms with Gasteiger partial charge in [0.05, 0.1) is 11.4 Å². The van der Waals surface area contributed by atoms with Crippen molar-refractivity contribution in [3.63, 3.8) is 0 Å². The molecule has 0 bridgehead atoms. The maximum atomic E-state index is 6.47. The van der Waals surface area contributed by atoms with E-state index < -0.39 is 0 Å². The third-order valence-corrected chi connectivity index (χ3v) is 11.1. The average molecular weight is 671 g/mol. The first-order valence-electron chi connectivity index (χ1n) is 17.2. The summed E-state index contributed by atoms with van der Waals surface area (Å²) >= 11 is 1.83. The Hall–Kier alpha value is -6.36. The molecule has 0 radical (unpaired) electrons. The number of fused-ring (bicyclic) bond motifs is 6. The van der Waals surface area contributed by atoms with Crippen molar-refractivity contribution in [1.82, 2.24) is 9.97 Å². The molecule has 7 aromatic carbocycles. The van der Waals surface area contributed by atoms with E-state index in [2.05, 4.69) is 140 Å². The fourth-order valence-corrected chi connectivity index (χ4v) is 8.60. The molecule has 0 atom stereocenters. The largest absolute Gasteiger partial charge is 0.456 e. The zero-order chi connectivity index (χ0) is 33.9. The van der Waals surface area contributed by atoms with Gasteiger partial charge < -0.3 is 4.42 Å². The second-order valence-corrected chi connectivity index (χ2v) is 14.0. The van der Waals surface area contributed by atoms with Crippen molar-refractivity contribution in [2.24, 2.45) is 0 Å². The van der Waals surface area contributed by atoms with Crippen molar-refractivity contribution >= 4 is 53.4 Å². The minimum Gasteiger partial charge on any atom is -0.456 e. The summed E-state index contributed by atoms with van der Waals surface area (Å²) in [4.78, 5) is 10.4. The highest BCUT2D eigenvalue weighted by atomic mass is 32.1. The van der Waals surface area contributed by atoms with E-state index in [0.717, 1.165) is 78.1 Å². The molecule has 0 saturated carbocycles. The summed E-state index contributed by atoms with van der Waals surface area (Å²) in [5.41, 5.74) is 12.6. The number of hydrogen-bond acceptors (Lipinski definition) is 4. The third-order valence-electron chi connectivity index (χ3n) is 9.87. The molecular weight excluding hydrogens is 641 g/mol. The van der Waals surface area contributed by atoms with Crippen LogP contribution >= 0.6 is 11.3 Å². The Bertz CT molecular complexity index is 2910. The van der Waals surface area contributed by atoms with Crippen LogP contribution in [-0.2, 0) is 0 Å². The normalized spacial score (nSPS) is 11.6. The molecule has 3 heterocycles. The fraction of sp³-hybridized carbons (Fsp3) is 0.0213. The molecule has 0 fully saturated rings. The summed E-state index contributed by atoms with van der Waals surface area (Å²) < 4.78 is 8.93. The first-order valence-corrected chi connectivity index (χ1v) is 18.0. The lowest BCUT2D eigenvalue weighted by Gasteiger charge is -2.14. The molecule has 0 unspecified atom stereocenters. The van der Waals surface area contributed by atoms with Gasteiger partial charge in [-0.2, -0.15) is 0 Å². The minimum absolute atomic E-state index is 0.727. The molecule has 51 heavy (non-hydrogen) atoms. The third kappa shape index (κ3) is 4.95. The molecule has 240 valence electrons. The standard InChI is InChI=1S/C47H30N2OS/c1-29-44(31-16-7-3-8-17-31)48-47(32-18-9-4-10-19-32)49-45(29)37-22-13-21-35-39-26-33(24-25-42(39)51-46(35)37)38-27-34(30-14-5-2-6-15-30)28-41-43(38)36-20-11-12-23-40(36)50-41/h2-28H,1H3. The Labute approximate surface area is 299 Å². The number of aromatic nitrogens is 2. The average Bonchev–Trinajstić information content (AvgIpc) is 3.77. The lowest BCUT2D eigenvalue weighted by molar-refractivity contribution is 0.669. The number of furan rings is 1. The van der Waals surface area contributed by atoms with Gasteiger partial charge in [0.25, 0.3) is 0 Å². The van der Waals surface area contributed by atoms with Crippen molar-refractivity contribution in [1.29, 1.82) is 0 Å². The Morgan fingerprint density at radius 3 is 1.90 bits per heavy atom. The highest BCUT2D eigenvalue weighted by molar-refractivity contribution is 7.26. The molecule has 4 heteroatoms. The molecule has 10 aromatic rings. The number of benzene rings is 7. The van der Waals surface area contributed by atoms with Gasteiger partial charge in [0.15, 0.2) is 5.82 Å². The van der Waals surface area contributed by atoms with Gasteiger partial charge in [0, 0.05) is 53.2 Å². The fourth-order valence-electron chi connectivity index (χ4n) is 7.40. The molecular formula is C47H30N2OS.